The molecule has 2 atom stereocenters. The molecule has 2 fully saturated rings. The summed E-state index contributed by atoms with van der Waals surface area (Å²) in [6.07, 6.45) is 4.48. The molecule has 0 radical (unpaired) electrons. The Morgan fingerprint density at radius 1 is 1.21 bits per heavy atom. The number of nitrogens with zero attached hydrogens (tertiary/aromatic N) is 4. The monoisotopic (exact) mass is 328 g/mol. The Labute approximate surface area is 140 Å². The number of rotatable bonds is 3. The zero-order chi connectivity index (χ0) is 16.7. The van der Waals surface area contributed by atoms with Crippen molar-refractivity contribution in [2.45, 2.75) is 31.1 Å². The van der Waals surface area contributed by atoms with Crippen LogP contribution in [0, 0.1) is 11.7 Å². The van der Waals surface area contributed by atoms with Crippen LogP contribution >= 0.6 is 0 Å². The molecule has 4 rings (SSSR count). The van der Waals surface area contributed by atoms with E-state index in [1.807, 2.05) is 16.5 Å². The number of likely N-dealkylation sites (tertiary alicyclic amines) is 1. The van der Waals surface area contributed by atoms with Gasteiger partial charge in [0.25, 0.3) is 0 Å². The second-order valence-electron chi connectivity index (χ2n) is 6.90. The van der Waals surface area contributed by atoms with E-state index in [0.717, 1.165) is 43.7 Å². The number of benzene rings is 1. The third-order valence-electron chi connectivity index (χ3n) is 5.32. The molecule has 1 amide bonds. The van der Waals surface area contributed by atoms with Crippen LogP contribution in [0.15, 0.2) is 30.6 Å². The highest BCUT2D eigenvalue weighted by atomic mass is 19.1. The van der Waals surface area contributed by atoms with Gasteiger partial charge in [-0.05, 0) is 42.9 Å². The number of carbonyl (C=O) groups excluding carboxylic acids is 1. The van der Waals surface area contributed by atoms with Crippen molar-refractivity contribution in [3.8, 4) is 0 Å². The molecule has 0 bridgehead atoms. The van der Waals surface area contributed by atoms with Crippen molar-refractivity contribution in [3.05, 3.63) is 47.8 Å². The number of amides is 1. The smallest absolute Gasteiger partial charge is 0.226 e. The van der Waals surface area contributed by atoms with Gasteiger partial charge in [0, 0.05) is 32.0 Å². The highest BCUT2D eigenvalue weighted by Crippen LogP contribution is 2.48. The highest BCUT2D eigenvalue weighted by molar-refractivity contribution is 5.83. The predicted molar refractivity (Wildman–Crippen MR) is 86.8 cm³/mol. The van der Waals surface area contributed by atoms with Crippen LogP contribution in [0.5, 0.6) is 0 Å². The summed E-state index contributed by atoms with van der Waals surface area (Å²) in [7, 11) is 1.96. The number of hydrogen-bond acceptors (Lipinski definition) is 3. The molecule has 1 aliphatic carbocycles. The van der Waals surface area contributed by atoms with Gasteiger partial charge < -0.3 is 9.47 Å². The lowest BCUT2D eigenvalue weighted by Crippen LogP contribution is -2.39. The van der Waals surface area contributed by atoms with Gasteiger partial charge in [0.2, 0.25) is 5.91 Å². The van der Waals surface area contributed by atoms with Gasteiger partial charge in [0.1, 0.15) is 18.0 Å². The van der Waals surface area contributed by atoms with Crippen LogP contribution < -0.4 is 0 Å². The molecule has 1 aliphatic heterocycles. The first-order valence-corrected chi connectivity index (χ1v) is 8.51. The molecule has 1 saturated heterocycles. The summed E-state index contributed by atoms with van der Waals surface area (Å²) >= 11 is 0. The maximum absolute atomic E-state index is 13.0. The zero-order valence-corrected chi connectivity index (χ0v) is 13.7. The van der Waals surface area contributed by atoms with Crippen LogP contribution in [0.1, 0.15) is 42.5 Å². The van der Waals surface area contributed by atoms with Crippen molar-refractivity contribution >= 4 is 5.91 Å². The molecule has 2 heterocycles. The molecule has 0 spiro atoms. The summed E-state index contributed by atoms with van der Waals surface area (Å²) in [5, 5.41) is 8.14. The molecule has 1 saturated carbocycles. The molecular weight excluding hydrogens is 307 g/mol. The summed E-state index contributed by atoms with van der Waals surface area (Å²) in [5.41, 5.74) is 1.07. The largest absolute Gasteiger partial charge is 0.342 e. The molecule has 6 heteroatoms. The van der Waals surface area contributed by atoms with Crippen molar-refractivity contribution in [1.29, 1.82) is 0 Å². The van der Waals surface area contributed by atoms with Crippen molar-refractivity contribution in [3.63, 3.8) is 0 Å². The predicted octanol–water partition coefficient (Wildman–Crippen LogP) is 2.46. The van der Waals surface area contributed by atoms with Gasteiger partial charge in [-0.1, -0.05) is 12.1 Å². The van der Waals surface area contributed by atoms with Gasteiger partial charge in [-0.2, -0.15) is 0 Å². The quantitative estimate of drug-likeness (QED) is 0.870. The fourth-order valence-corrected chi connectivity index (χ4v) is 3.80. The number of aryl methyl sites for hydroxylation is 1. The molecule has 126 valence electrons. The van der Waals surface area contributed by atoms with E-state index in [4.69, 9.17) is 0 Å². The minimum Gasteiger partial charge on any atom is -0.342 e. The number of piperidine rings is 1. The Kier molecular flexibility index (Phi) is 3.82. The summed E-state index contributed by atoms with van der Waals surface area (Å²) in [5.74, 6) is 1.75. The van der Waals surface area contributed by atoms with Crippen molar-refractivity contribution in [1.82, 2.24) is 19.7 Å². The van der Waals surface area contributed by atoms with Crippen LogP contribution in [0.3, 0.4) is 0 Å². The molecule has 0 N–H and O–H groups in total. The van der Waals surface area contributed by atoms with E-state index in [0.29, 0.717) is 5.92 Å². The van der Waals surface area contributed by atoms with Gasteiger partial charge in [0.15, 0.2) is 0 Å². The maximum Gasteiger partial charge on any atom is 0.226 e. The van der Waals surface area contributed by atoms with Gasteiger partial charge >= 0.3 is 0 Å². The minimum absolute atomic E-state index is 0.0711. The minimum atomic E-state index is -0.229. The lowest BCUT2D eigenvalue weighted by molar-refractivity contribution is -0.133. The molecule has 24 heavy (non-hydrogen) atoms. The fraction of sp³-hybridized carbons (Fsp3) is 0.500. The van der Waals surface area contributed by atoms with E-state index in [9.17, 15) is 9.18 Å². The molecule has 5 nitrogen and oxygen atoms in total. The summed E-state index contributed by atoms with van der Waals surface area (Å²) in [4.78, 5) is 14.7. The number of hydrogen-bond donors (Lipinski definition) is 0. The summed E-state index contributed by atoms with van der Waals surface area (Å²) in [6.45, 7) is 1.56. The number of aromatic nitrogens is 3. The second-order valence-corrected chi connectivity index (χ2v) is 6.90. The standard InChI is InChI=1S/C18H21FN4O/c1-22-11-20-21-17(22)13-6-8-23(9-7-13)18(24)16-10-15(16)12-2-4-14(19)5-3-12/h2-5,11,13,15-16H,6-10H2,1H3/t15-,16+/m0/s1. The molecule has 2 aliphatic rings. The van der Waals surface area contributed by atoms with Crippen LogP contribution in [0.25, 0.3) is 0 Å². The normalized spacial score (nSPS) is 24.2. The van der Waals surface area contributed by atoms with Gasteiger partial charge in [-0.3, -0.25) is 4.79 Å². The van der Waals surface area contributed by atoms with Crippen LogP contribution in [0.4, 0.5) is 4.39 Å². The Morgan fingerprint density at radius 3 is 2.54 bits per heavy atom. The first-order valence-electron chi connectivity index (χ1n) is 8.51. The SMILES string of the molecule is Cn1cnnc1C1CCN(C(=O)[C@@H]2C[C@H]2c2ccc(F)cc2)CC1. The van der Waals surface area contributed by atoms with Crippen molar-refractivity contribution in [2.24, 2.45) is 13.0 Å². The average molecular weight is 328 g/mol. The first-order chi connectivity index (χ1) is 11.6. The highest BCUT2D eigenvalue weighted by Gasteiger charge is 2.46. The third kappa shape index (κ3) is 2.81. The second kappa shape index (κ2) is 6.00. The van der Waals surface area contributed by atoms with Gasteiger partial charge in [-0.15, -0.1) is 10.2 Å². The van der Waals surface area contributed by atoms with Crippen molar-refractivity contribution < 1.29 is 9.18 Å². The molecule has 1 aromatic carbocycles. The lowest BCUT2D eigenvalue weighted by atomic mass is 9.95. The van der Waals surface area contributed by atoms with E-state index in [2.05, 4.69) is 10.2 Å². The molecule has 2 aromatic rings. The molecular formula is C18H21FN4O. The average Bonchev–Trinajstić information content (AvgIpc) is 3.29. The van der Waals surface area contributed by atoms with Crippen LogP contribution in [-0.2, 0) is 11.8 Å². The Hall–Kier alpha value is -2.24. The van der Waals surface area contributed by atoms with E-state index in [1.165, 1.54) is 12.1 Å². The van der Waals surface area contributed by atoms with E-state index in [-0.39, 0.29) is 23.6 Å². The van der Waals surface area contributed by atoms with Crippen LogP contribution in [0.2, 0.25) is 0 Å². The summed E-state index contributed by atoms with van der Waals surface area (Å²) in [6, 6.07) is 6.55. The maximum atomic E-state index is 13.0. The lowest BCUT2D eigenvalue weighted by Gasteiger charge is -2.31. The third-order valence-corrected chi connectivity index (χ3v) is 5.32. The Bertz CT molecular complexity index is 734. The van der Waals surface area contributed by atoms with E-state index in [1.54, 1.807) is 18.5 Å². The Morgan fingerprint density at radius 2 is 1.92 bits per heavy atom. The molecule has 0 unspecified atom stereocenters. The van der Waals surface area contributed by atoms with E-state index >= 15 is 0 Å². The topological polar surface area (TPSA) is 51.0 Å². The van der Waals surface area contributed by atoms with E-state index < -0.39 is 0 Å². The van der Waals surface area contributed by atoms with Gasteiger partial charge in [0.05, 0.1) is 0 Å². The zero-order valence-electron chi connectivity index (χ0n) is 13.7. The van der Waals surface area contributed by atoms with Crippen LogP contribution in [-0.4, -0.2) is 38.7 Å². The van der Waals surface area contributed by atoms with Gasteiger partial charge in [-0.25, -0.2) is 4.39 Å². The Balaban J connectivity index is 1.34. The number of halogens is 1. The summed E-state index contributed by atoms with van der Waals surface area (Å²) < 4.78 is 15.0. The first kappa shape index (κ1) is 15.3. The number of carbonyl (C=O) groups is 1. The molecule has 1 aromatic heterocycles. The fourth-order valence-electron chi connectivity index (χ4n) is 3.80. The van der Waals surface area contributed by atoms with Crippen molar-refractivity contribution in [2.75, 3.05) is 13.1 Å².